The van der Waals surface area contributed by atoms with Gasteiger partial charge in [-0.25, -0.2) is 0 Å². The van der Waals surface area contributed by atoms with Gasteiger partial charge in [-0.05, 0) is 93.5 Å². The molecule has 2 heterocycles. The number of aliphatic hydroxyl groups excluding tert-OH is 13. The number of fused-ring (bicyclic) bond motifs is 6. The molecule has 7 rings (SSSR count). The van der Waals surface area contributed by atoms with E-state index in [9.17, 15) is 71.2 Å². The summed E-state index contributed by atoms with van der Waals surface area (Å²) in [6, 6.07) is 0. The summed E-state index contributed by atoms with van der Waals surface area (Å²) >= 11 is 0. The third-order valence-electron chi connectivity index (χ3n) is 18.5. The molecule has 5 aliphatic carbocycles. The average molecular weight is 945 g/mol. The van der Waals surface area contributed by atoms with Gasteiger partial charge in [0.15, 0.2) is 12.6 Å². The SMILES string of the molecule is C[C@H]1O[C@@H](O[C@H]2CC[C@@]3(C)C(CC[C@]4(C)[C@@H]3C=CC3=C5C[C@@](C)(C(=O)OC[C@H](O)[C@@H](O)[C@H](O)CO)CCC5(CO)[C@H](O)C[C@]34C)[C@]2(C)CO)[C@H](O)[C@@H](O[C@@H]2O[C@H](CO)[C@@H](O)[C@H](O)[C@H]2O)[C@H]1O. The maximum Gasteiger partial charge on any atom is 0.312 e. The van der Waals surface area contributed by atoms with Gasteiger partial charge in [-0.15, -0.1) is 0 Å². The van der Waals surface area contributed by atoms with E-state index in [-0.39, 0.29) is 37.9 Å². The predicted octanol–water partition coefficient (Wildman–Crippen LogP) is -1.72. The molecule has 23 atom stereocenters. The van der Waals surface area contributed by atoms with Crippen LogP contribution in [0.2, 0.25) is 0 Å². The Morgan fingerprint density at radius 2 is 1.47 bits per heavy atom. The second-order valence-corrected chi connectivity index (χ2v) is 22.1. The molecule has 19 nitrogen and oxygen atoms in total. The number of esters is 1. The maximum absolute atomic E-state index is 13.8. The Balaban J connectivity index is 1.14. The first kappa shape index (κ1) is 52.1. The van der Waals surface area contributed by atoms with E-state index >= 15 is 0 Å². The lowest BCUT2D eigenvalue weighted by molar-refractivity contribution is -0.367. The zero-order valence-electron chi connectivity index (χ0n) is 38.9. The van der Waals surface area contributed by atoms with E-state index in [1.54, 1.807) is 13.8 Å². The molecule has 0 aromatic rings. The minimum Gasteiger partial charge on any atom is -0.462 e. The van der Waals surface area contributed by atoms with Crippen LogP contribution in [-0.2, 0) is 28.5 Å². The van der Waals surface area contributed by atoms with Crippen molar-refractivity contribution in [2.45, 2.75) is 185 Å². The Labute approximate surface area is 385 Å². The van der Waals surface area contributed by atoms with Gasteiger partial charge >= 0.3 is 5.97 Å². The van der Waals surface area contributed by atoms with E-state index in [2.05, 4.69) is 32.9 Å². The van der Waals surface area contributed by atoms with Gasteiger partial charge < -0.3 is 90.1 Å². The fourth-order valence-corrected chi connectivity index (χ4v) is 13.9. The first-order chi connectivity index (χ1) is 30.9. The molecule has 0 aromatic carbocycles. The number of carbonyl (C=O) groups excluding carboxylic acids is 1. The van der Waals surface area contributed by atoms with Gasteiger partial charge in [0.2, 0.25) is 0 Å². The van der Waals surface area contributed by atoms with E-state index in [1.165, 1.54) is 0 Å². The van der Waals surface area contributed by atoms with E-state index in [0.717, 1.165) is 11.1 Å². The van der Waals surface area contributed by atoms with Crippen LogP contribution in [0.3, 0.4) is 0 Å². The summed E-state index contributed by atoms with van der Waals surface area (Å²) in [4.78, 5) is 13.8. The minimum atomic E-state index is -1.78. The maximum atomic E-state index is 13.8. The van der Waals surface area contributed by atoms with Crippen molar-refractivity contribution >= 4 is 5.97 Å². The lowest BCUT2D eigenvalue weighted by atomic mass is 9.35. The molecular weight excluding hydrogens is 868 g/mol. The lowest BCUT2D eigenvalue weighted by Crippen LogP contribution is -2.67. The second-order valence-electron chi connectivity index (χ2n) is 22.1. The summed E-state index contributed by atoms with van der Waals surface area (Å²) in [5.41, 5.74) is -2.75. The average Bonchev–Trinajstić information content (AvgIpc) is 3.29. The first-order valence-electron chi connectivity index (χ1n) is 23.7. The van der Waals surface area contributed by atoms with Crippen molar-refractivity contribution in [2.75, 3.05) is 33.0 Å². The van der Waals surface area contributed by atoms with Gasteiger partial charge in [-0.3, -0.25) is 4.79 Å². The Morgan fingerprint density at radius 1 is 0.788 bits per heavy atom. The highest BCUT2D eigenvalue weighted by Crippen LogP contribution is 2.74. The lowest BCUT2D eigenvalue weighted by Gasteiger charge is -2.70. The van der Waals surface area contributed by atoms with Gasteiger partial charge in [-0.1, -0.05) is 45.4 Å². The van der Waals surface area contributed by atoms with Crippen molar-refractivity contribution in [1.82, 2.24) is 0 Å². The zero-order valence-corrected chi connectivity index (χ0v) is 38.9. The van der Waals surface area contributed by atoms with Crippen LogP contribution in [0.5, 0.6) is 0 Å². The van der Waals surface area contributed by atoms with Crippen LogP contribution in [0.25, 0.3) is 0 Å². The van der Waals surface area contributed by atoms with Crippen molar-refractivity contribution < 1.29 is 94.9 Å². The fourth-order valence-electron chi connectivity index (χ4n) is 13.9. The molecule has 0 spiro atoms. The molecule has 3 saturated carbocycles. The molecule has 2 saturated heterocycles. The molecule has 0 radical (unpaired) electrons. The summed E-state index contributed by atoms with van der Waals surface area (Å²) < 4.78 is 29.5. The van der Waals surface area contributed by atoms with Gasteiger partial charge in [0.1, 0.15) is 67.6 Å². The number of hydrogen-bond donors (Lipinski definition) is 13. The number of aliphatic hydroxyl groups is 13. The predicted molar refractivity (Wildman–Crippen MR) is 229 cm³/mol. The number of hydrogen-bond acceptors (Lipinski definition) is 19. The van der Waals surface area contributed by atoms with Gasteiger partial charge in [0, 0.05) is 16.2 Å². The van der Waals surface area contributed by atoms with Crippen molar-refractivity contribution in [3.05, 3.63) is 23.3 Å². The molecule has 7 aliphatic rings. The number of allylic oxidation sites excluding steroid dienone is 3. The van der Waals surface area contributed by atoms with Crippen LogP contribution in [0.15, 0.2) is 23.3 Å². The molecule has 378 valence electrons. The topological polar surface area (TPSA) is 326 Å². The summed E-state index contributed by atoms with van der Waals surface area (Å²) in [5.74, 6) is -0.824. The fraction of sp³-hybridized carbons (Fsp3) is 0.894. The highest BCUT2D eigenvalue weighted by atomic mass is 16.7. The zero-order chi connectivity index (χ0) is 48.7. The summed E-state index contributed by atoms with van der Waals surface area (Å²) in [6.07, 6.45) is -13.7. The second kappa shape index (κ2) is 18.8. The number of rotatable bonds is 13. The van der Waals surface area contributed by atoms with Gasteiger partial charge in [-0.2, -0.15) is 0 Å². The summed E-state index contributed by atoms with van der Waals surface area (Å²) in [6.45, 7) is 9.21. The molecule has 2 aliphatic heterocycles. The first-order valence-corrected chi connectivity index (χ1v) is 23.7. The van der Waals surface area contributed by atoms with Crippen molar-refractivity contribution in [2.24, 2.45) is 44.3 Å². The standard InChI is InChI=1S/C47H76O19/c1-22-32(55)38(66-39-36(59)35(58)34(57)27(18-49)64-39)37(60)40(63-22)65-31-10-11-43(3)28(44(31,4)20-50)9-12-45(5)29(43)8-7-23-24-15-42(2,41(61)62-19-26(53)33(56)25(52)17-48)13-14-47(24,21-51)30(54)16-46(23,45)6/h7-8,22,25-40,48-60H,9-21H2,1-6H3/t22-,25-,26+,27-,28?,29-,30-,31+,32+,33+,34-,35+,36-,37-,38+,39+,40+,42+,43+,44+,45-,46-,47?/m1/s1. The summed E-state index contributed by atoms with van der Waals surface area (Å²) in [5, 5.41) is 138. The van der Waals surface area contributed by atoms with E-state index in [0.29, 0.717) is 38.5 Å². The third kappa shape index (κ3) is 8.06. The molecule has 2 unspecified atom stereocenters. The normalized spacial score (nSPS) is 50.6. The smallest absolute Gasteiger partial charge is 0.312 e. The highest BCUT2D eigenvalue weighted by Gasteiger charge is 2.69. The Kier molecular flexibility index (Phi) is 14.8. The van der Waals surface area contributed by atoms with Crippen LogP contribution in [-0.4, -0.2) is 197 Å². The summed E-state index contributed by atoms with van der Waals surface area (Å²) in [7, 11) is 0. The van der Waals surface area contributed by atoms with Crippen molar-refractivity contribution in [1.29, 1.82) is 0 Å². The van der Waals surface area contributed by atoms with Crippen LogP contribution in [0, 0.1) is 44.3 Å². The molecule has 0 amide bonds. The Morgan fingerprint density at radius 3 is 2.11 bits per heavy atom. The largest absolute Gasteiger partial charge is 0.462 e. The Bertz CT molecular complexity index is 1810. The molecule has 19 heteroatoms. The van der Waals surface area contributed by atoms with Crippen molar-refractivity contribution in [3.63, 3.8) is 0 Å². The monoisotopic (exact) mass is 944 g/mol. The number of carbonyl (C=O) groups is 1. The quantitative estimate of drug-likeness (QED) is 0.0721. The minimum absolute atomic E-state index is 0.0658. The van der Waals surface area contributed by atoms with Gasteiger partial charge in [0.05, 0.1) is 50.2 Å². The van der Waals surface area contributed by atoms with Crippen molar-refractivity contribution in [3.8, 4) is 0 Å². The van der Waals surface area contributed by atoms with E-state index in [4.69, 9.17) is 23.7 Å². The van der Waals surface area contributed by atoms with E-state index in [1.807, 2.05) is 6.92 Å². The molecule has 5 fully saturated rings. The van der Waals surface area contributed by atoms with Crippen LogP contribution >= 0.6 is 0 Å². The van der Waals surface area contributed by atoms with Crippen LogP contribution in [0.4, 0.5) is 0 Å². The Hall–Kier alpha value is -1.73. The molecule has 13 N–H and O–H groups in total. The van der Waals surface area contributed by atoms with Gasteiger partial charge in [0.25, 0.3) is 0 Å². The molecular formula is C47H76O19. The highest BCUT2D eigenvalue weighted by molar-refractivity contribution is 5.77. The number of ether oxygens (including phenoxy) is 5. The molecule has 0 bridgehead atoms. The van der Waals surface area contributed by atoms with E-state index < -0.39 is 150 Å². The molecule has 0 aromatic heterocycles. The third-order valence-corrected chi connectivity index (χ3v) is 18.5. The van der Waals surface area contributed by atoms with Crippen LogP contribution in [0.1, 0.15) is 92.9 Å². The van der Waals surface area contributed by atoms with Crippen LogP contribution < -0.4 is 0 Å². The molecule has 66 heavy (non-hydrogen) atoms.